The molecule has 0 bridgehead atoms. The molecule has 0 N–H and O–H groups in total. The third kappa shape index (κ3) is 2.31. The lowest BCUT2D eigenvalue weighted by Gasteiger charge is -2.12. The molecule has 18 heavy (non-hydrogen) atoms. The van der Waals surface area contributed by atoms with Crippen molar-refractivity contribution in [2.45, 2.75) is 24.0 Å². The molecule has 94 valence electrons. The Hall–Kier alpha value is -1.61. The predicted molar refractivity (Wildman–Crippen MR) is 74.2 cm³/mol. The van der Waals surface area contributed by atoms with Gasteiger partial charge in [0, 0.05) is 5.56 Å². The largest absolute Gasteiger partial charge is 0.223 e. The molecule has 0 atom stereocenters. The van der Waals surface area contributed by atoms with Crippen LogP contribution in [0, 0.1) is 0 Å². The second kappa shape index (κ2) is 4.94. The Kier molecular flexibility index (Phi) is 3.53. The molecule has 0 heterocycles. The summed E-state index contributed by atoms with van der Waals surface area (Å²) in [6, 6.07) is 16.8. The Morgan fingerprint density at radius 2 is 1.39 bits per heavy atom. The fraction of sp³-hybridized carbons (Fsp3) is 0.200. The summed E-state index contributed by atoms with van der Waals surface area (Å²) in [7, 11) is -3.26. The first-order chi connectivity index (χ1) is 8.53. The van der Waals surface area contributed by atoms with Crippen LogP contribution in [0.5, 0.6) is 0 Å². The van der Waals surface area contributed by atoms with Crippen molar-refractivity contribution in [2.24, 2.45) is 0 Å². The number of sulfone groups is 1. The SMILES string of the molecule is CC(C)S(=O)(=O)c1ccccc1-c1ccccc1. The number of hydrogen-bond donors (Lipinski definition) is 0. The van der Waals surface area contributed by atoms with Gasteiger partial charge in [-0.05, 0) is 25.5 Å². The molecular weight excluding hydrogens is 244 g/mol. The van der Waals surface area contributed by atoms with Crippen molar-refractivity contribution in [3.8, 4) is 11.1 Å². The van der Waals surface area contributed by atoms with Gasteiger partial charge in [0.25, 0.3) is 0 Å². The summed E-state index contributed by atoms with van der Waals surface area (Å²) in [5.74, 6) is 0. The van der Waals surface area contributed by atoms with E-state index in [1.807, 2.05) is 42.5 Å². The molecule has 0 amide bonds. The highest BCUT2D eigenvalue weighted by Crippen LogP contribution is 2.29. The first kappa shape index (κ1) is 12.8. The number of rotatable bonds is 3. The van der Waals surface area contributed by atoms with Gasteiger partial charge in [0.1, 0.15) is 0 Å². The van der Waals surface area contributed by atoms with E-state index in [1.54, 1.807) is 26.0 Å². The highest BCUT2D eigenvalue weighted by molar-refractivity contribution is 7.92. The van der Waals surface area contributed by atoms with Crippen LogP contribution >= 0.6 is 0 Å². The second-order valence-electron chi connectivity index (χ2n) is 4.46. The van der Waals surface area contributed by atoms with Crippen LogP contribution in [-0.4, -0.2) is 13.7 Å². The van der Waals surface area contributed by atoms with Crippen molar-refractivity contribution in [3.63, 3.8) is 0 Å². The van der Waals surface area contributed by atoms with E-state index in [-0.39, 0.29) is 0 Å². The lowest BCUT2D eigenvalue weighted by molar-refractivity contribution is 0.587. The minimum atomic E-state index is -3.26. The Labute approximate surface area is 108 Å². The lowest BCUT2D eigenvalue weighted by Crippen LogP contribution is -2.14. The van der Waals surface area contributed by atoms with Gasteiger partial charge in [-0.1, -0.05) is 48.5 Å². The maximum Gasteiger partial charge on any atom is 0.181 e. The Bertz CT molecular complexity index is 629. The fourth-order valence-electron chi connectivity index (χ4n) is 1.82. The van der Waals surface area contributed by atoms with E-state index in [4.69, 9.17) is 0 Å². The summed E-state index contributed by atoms with van der Waals surface area (Å²) < 4.78 is 24.7. The monoisotopic (exact) mass is 260 g/mol. The third-order valence-corrected chi connectivity index (χ3v) is 5.11. The standard InChI is InChI=1S/C15H16O2S/c1-12(2)18(16,17)15-11-7-6-10-14(15)13-8-4-3-5-9-13/h3-12H,1-2H3. The smallest absolute Gasteiger partial charge is 0.181 e. The molecule has 2 nitrogen and oxygen atoms in total. The van der Waals surface area contributed by atoms with Gasteiger partial charge in [-0.2, -0.15) is 0 Å². The minimum Gasteiger partial charge on any atom is -0.223 e. The molecule has 0 unspecified atom stereocenters. The van der Waals surface area contributed by atoms with Crippen LogP contribution in [0.2, 0.25) is 0 Å². The molecule has 0 saturated heterocycles. The van der Waals surface area contributed by atoms with Gasteiger partial charge < -0.3 is 0 Å². The number of benzene rings is 2. The average molecular weight is 260 g/mol. The average Bonchev–Trinajstić information content (AvgIpc) is 2.39. The summed E-state index contributed by atoms with van der Waals surface area (Å²) in [5.41, 5.74) is 1.70. The highest BCUT2D eigenvalue weighted by atomic mass is 32.2. The third-order valence-electron chi connectivity index (χ3n) is 2.90. The normalized spacial score (nSPS) is 11.7. The van der Waals surface area contributed by atoms with Gasteiger partial charge >= 0.3 is 0 Å². The van der Waals surface area contributed by atoms with E-state index in [1.165, 1.54) is 0 Å². The van der Waals surface area contributed by atoms with Crippen LogP contribution in [0.25, 0.3) is 11.1 Å². The van der Waals surface area contributed by atoms with Gasteiger partial charge in [0.05, 0.1) is 10.1 Å². The van der Waals surface area contributed by atoms with Crippen LogP contribution in [0.15, 0.2) is 59.5 Å². The zero-order valence-corrected chi connectivity index (χ0v) is 11.3. The summed E-state index contributed by atoms with van der Waals surface area (Å²) in [6.45, 7) is 3.41. The van der Waals surface area contributed by atoms with Gasteiger partial charge in [0.15, 0.2) is 9.84 Å². The molecule has 0 spiro atoms. The van der Waals surface area contributed by atoms with Crippen molar-refractivity contribution in [3.05, 3.63) is 54.6 Å². The van der Waals surface area contributed by atoms with Crippen molar-refractivity contribution in [1.29, 1.82) is 0 Å². The van der Waals surface area contributed by atoms with Gasteiger partial charge in [0.2, 0.25) is 0 Å². The van der Waals surface area contributed by atoms with Crippen molar-refractivity contribution in [1.82, 2.24) is 0 Å². The van der Waals surface area contributed by atoms with E-state index < -0.39 is 15.1 Å². The predicted octanol–water partition coefficient (Wildman–Crippen LogP) is 3.54. The topological polar surface area (TPSA) is 34.1 Å². The van der Waals surface area contributed by atoms with E-state index in [0.717, 1.165) is 11.1 Å². The van der Waals surface area contributed by atoms with E-state index >= 15 is 0 Å². The zero-order chi connectivity index (χ0) is 13.2. The Morgan fingerprint density at radius 3 is 2.00 bits per heavy atom. The molecule has 3 heteroatoms. The summed E-state index contributed by atoms with van der Waals surface area (Å²) in [6.07, 6.45) is 0. The molecule has 2 aromatic rings. The highest BCUT2D eigenvalue weighted by Gasteiger charge is 2.22. The van der Waals surface area contributed by atoms with Crippen LogP contribution in [-0.2, 0) is 9.84 Å². The molecule has 0 radical (unpaired) electrons. The van der Waals surface area contributed by atoms with Crippen LogP contribution in [0.1, 0.15) is 13.8 Å². The first-order valence-electron chi connectivity index (χ1n) is 5.92. The van der Waals surface area contributed by atoms with Crippen molar-refractivity contribution >= 4 is 9.84 Å². The maximum absolute atomic E-state index is 12.3. The molecule has 0 fully saturated rings. The summed E-state index contributed by atoms with van der Waals surface area (Å²) >= 11 is 0. The quantitative estimate of drug-likeness (QED) is 0.846. The van der Waals surface area contributed by atoms with Gasteiger partial charge in [-0.25, -0.2) is 8.42 Å². The molecule has 0 aliphatic heterocycles. The van der Waals surface area contributed by atoms with Crippen LogP contribution in [0.3, 0.4) is 0 Å². The van der Waals surface area contributed by atoms with Gasteiger partial charge in [-0.15, -0.1) is 0 Å². The van der Waals surface area contributed by atoms with Crippen LogP contribution in [0.4, 0.5) is 0 Å². The van der Waals surface area contributed by atoms with E-state index in [0.29, 0.717) is 4.90 Å². The lowest BCUT2D eigenvalue weighted by atomic mass is 10.1. The number of hydrogen-bond acceptors (Lipinski definition) is 2. The summed E-state index contributed by atoms with van der Waals surface area (Å²) in [5, 5.41) is -0.414. The Balaban J connectivity index is 2.65. The molecule has 0 aliphatic carbocycles. The summed E-state index contributed by atoms with van der Waals surface area (Å²) in [4.78, 5) is 0.409. The molecule has 0 saturated carbocycles. The Morgan fingerprint density at radius 1 is 0.833 bits per heavy atom. The zero-order valence-electron chi connectivity index (χ0n) is 10.5. The van der Waals surface area contributed by atoms with E-state index in [9.17, 15) is 8.42 Å². The minimum absolute atomic E-state index is 0.409. The fourth-order valence-corrected chi connectivity index (χ4v) is 3.09. The molecule has 0 aliphatic rings. The van der Waals surface area contributed by atoms with Gasteiger partial charge in [-0.3, -0.25) is 0 Å². The second-order valence-corrected chi connectivity index (χ2v) is 6.93. The molecule has 2 rings (SSSR count). The molecule has 0 aromatic heterocycles. The maximum atomic E-state index is 12.3. The van der Waals surface area contributed by atoms with E-state index in [2.05, 4.69) is 0 Å². The van der Waals surface area contributed by atoms with Crippen molar-refractivity contribution < 1.29 is 8.42 Å². The molecular formula is C15H16O2S. The first-order valence-corrected chi connectivity index (χ1v) is 7.46. The van der Waals surface area contributed by atoms with Crippen LogP contribution < -0.4 is 0 Å². The van der Waals surface area contributed by atoms with Crippen molar-refractivity contribution in [2.75, 3.05) is 0 Å². The molecule has 2 aromatic carbocycles.